The van der Waals surface area contributed by atoms with Crippen LogP contribution >= 0.6 is 24.0 Å². The van der Waals surface area contributed by atoms with Crippen LogP contribution in [0.2, 0.25) is 5.15 Å². The summed E-state index contributed by atoms with van der Waals surface area (Å²) in [5, 5.41) is 11.7. The number of hydrogen-bond acceptors (Lipinski definition) is 4. The van der Waals surface area contributed by atoms with Gasteiger partial charge in [0, 0.05) is 25.7 Å². The van der Waals surface area contributed by atoms with Crippen molar-refractivity contribution in [3.05, 3.63) is 23.0 Å². The van der Waals surface area contributed by atoms with Crippen molar-refractivity contribution in [2.75, 3.05) is 20.1 Å². The van der Waals surface area contributed by atoms with E-state index in [-0.39, 0.29) is 12.4 Å². The summed E-state index contributed by atoms with van der Waals surface area (Å²) in [6.07, 6.45) is 2.41. The largest absolute Gasteiger partial charge is 0.317 e. The second-order valence-electron chi connectivity index (χ2n) is 4.19. The predicted octanol–water partition coefficient (Wildman–Crippen LogP) is 1.74. The second-order valence-corrected chi connectivity index (χ2v) is 4.57. The first kappa shape index (κ1) is 14.6. The molecule has 1 aromatic rings. The zero-order valence-corrected chi connectivity index (χ0v) is 11.5. The van der Waals surface area contributed by atoms with Crippen molar-refractivity contribution in [2.24, 2.45) is 0 Å². The lowest BCUT2D eigenvalue weighted by Gasteiger charge is -2.31. The van der Waals surface area contributed by atoms with Gasteiger partial charge in [0.25, 0.3) is 0 Å². The van der Waals surface area contributed by atoms with E-state index in [9.17, 15) is 0 Å². The Kier molecular flexibility index (Phi) is 6.12. The molecule has 1 aromatic heterocycles. The minimum atomic E-state index is 0. The quantitative estimate of drug-likeness (QED) is 0.913. The standard InChI is InChI=1S/C11H17ClN4.ClH/c1-13-9-4-6-16(7-5-9)8-10-2-3-11(12)15-14-10;/h2-3,9,13H,4-8H2,1H3;1H. The maximum atomic E-state index is 5.70. The highest BCUT2D eigenvalue weighted by Gasteiger charge is 2.17. The Hall–Kier alpha value is -0.420. The van der Waals surface area contributed by atoms with E-state index in [1.54, 1.807) is 6.07 Å². The van der Waals surface area contributed by atoms with Crippen molar-refractivity contribution in [1.29, 1.82) is 0 Å². The Morgan fingerprint density at radius 2 is 2.06 bits per heavy atom. The zero-order valence-electron chi connectivity index (χ0n) is 9.90. The van der Waals surface area contributed by atoms with Gasteiger partial charge in [-0.2, -0.15) is 5.10 Å². The van der Waals surface area contributed by atoms with Gasteiger partial charge in [-0.05, 0) is 32.0 Å². The first-order valence-electron chi connectivity index (χ1n) is 5.65. The summed E-state index contributed by atoms with van der Waals surface area (Å²) in [4.78, 5) is 2.41. The molecular weight excluding hydrogens is 259 g/mol. The van der Waals surface area contributed by atoms with E-state index < -0.39 is 0 Å². The summed E-state index contributed by atoms with van der Waals surface area (Å²) in [5.41, 5.74) is 0.993. The molecule has 0 aliphatic carbocycles. The number of piperidine rings is 1. The third-order valence-corrected chi connectivity index (χ3v) is 3.27. The summed E-state index contributed by atoms with van der Waals surface area (Å²) in [5.74, 6) is 0. The minimum absolute atomic E-state index is 0. The number of halogens is 2. The molecule has 0 saturated carbocycles. The maximum Gasteiger partial charge on any atom is 0.151 e. The molecule has 6 heteroatoms. The Bertz CT molecular complexity index is 323. The molecule has 0 bridgehead atoms. The minimum Gasteiger partial charge on any atom is -0.317 e. The fraction of sp³-hybridized carbons (Fsp3) is 0.636. The molecule has 2 rings (SSSR count). The molecule has 4 nitrogen and oxygen atoms in total. The van der Waals surface area contributed by atoms with E-state index in [0.717, 1.165) is 25.3 Å². The van der Waals surface area contributed by atoms with Gasteiger partial charge in [0.1, 0.15) is 0 Å². The highest BCUT2D eigenvalue weighted by Crippen LogP contribution is 2.12. The van der Waals surface area contributed by atoms with Crippen LogP contribution < -0.4 is 5.32 Å². The third-order valence-electron chi connectivity index (χ3n) is 3.07. The van der Waals surface area contributed by atoms with Crippen molar-refractivity contribution in [3.63, 3.8) is 0 Å². The smallest absolute Gasteiger partial charge is 0.151 e. The number of hydrogen-bond donors (Lipinski definition) is 1. The van der Waals surface area contributed by atoms with Gasteiger partial charge in [0.2, 0.25) is 0 Å². The fourth-order valence-electron chi connectivity index (χ4n) is 2.04. The molecule has 0 atom stereocenters. The molecule has 0 unspecified atom stereocenters. The van der Waals surface area contributed by atoms with Crippen LogP contribution in [0.4, 0.5) is 0 Å². The highest BCUT2D eigenvalue weighted by molar-refractivity contribution is 6.29. The SMILES string of the molecule is CNC1CCN(Cc2ccc(Cl)nn2)CC1.Cl. The molecule has 1 N–H and O–H groups in total. The van der Waals surface area contributed by atoms with Crippen molar-refractivity contribution < 1.29 is 0 Å². The topological polar surface area (TPSA) is 41.0 Å². The van der Waals surface area contributed by atoms with Crippen LogP contribution in [0.15, 0.2) is 12.1 Å². The molecule has 96 valence electrons. The highest BCUT2D eigenvalue weighted by atomic mass is 35.5. The molecule has 0 spiro atoms. The summed E-state index contributed by atoms with van der Waals surface area (Å²) in [7, 11) is 2.03. The van der Waals surface area contributed by atoms with Crippen LogP contribution in [0.5, 0.6) is 0 Å². The van der Waals surface area contributed by atoms with Gasteiger partial charge in [-0.25, -0.2) is 0 Å². The van der Waals surface area contributed by atoms with E-state index in [1.807, 2.05) is 13.1 Å². The number of likely N-dealkylation sites (tertiary alicyclic amines) is 1. The average molecular weight is 277 g/mol. The van der Waals surface area contributed by atoms with Crippen LogP contribution in [0, 0.1) is 0 Å². The summed E-state index contributed by atoms with van der Waals surface area (Å²) < 4.78 is 0. The van der Waals surface area contributed by atoms with Crippen molar-refractivity contribution in [2.45, 2.75) is 25.4 Å². The van der Waals surface area contributed by atoms with Crippen molar-refractivity contribution in [1.82, 2.24) is 20.4 Å². The van der Waals surface area contributed by atoms with E-state index >= 15 is 0 Å². The summed E-state index contributed by atoms with van der Waals surface area (Å²) in [6, 6.07) is 4.41. The van der Waals surface area contributed by atoms with Crippen LogP contribution in [-0.2, 0) is 6.54 Å². The molecule has 1 fully saturated rings. The van der Waals surface area contributed by atoms with Crippen LogP contribution in [0.3, 0.4) is 0 Å². The van der Waals surface area contributed by atoms with Crippen LogP contribution in [0.25, 0.3) is 0 Å². The summed E-state index contributed by atoms with van der Waals surface area (Å²) >= 11 is 5.70. The van der Waals surface area contributed by atoms with E-state index in [4.69, 9.17) is 11.6 Å². The number of nitrogens with one attached hydrogen (secondary N) is 1. The molecule has 0 aromatic carbocycles. The van der Waals surface area contributed by atoms with E-state index in [0.29, 0.717) is 11.2 Å². The number of aromatic nitrogens is 2. The van der Waals surface area contributed by atoms with E-state index in [1.165, 1.54) is 12.8 Å². The van der Waals surface area contributed by atoms with Crippen LogP contribution in [-0.4, -0.2) is 41.3 Å². The molecule has 1 saturated heterocycles. The van der Waals surface area contributed by atoms with Gasteiger partial charge >= 0.3 is 0 Å². The molecule has 17 heavy (non-hydrogen) atoms. The van der Waals surface area contributed by atoms with Crippen molar-refractivity contribution in [3.8, 4) is 0 Å². The molecule has 1 aliphatic heterocycles. The predicted molar refractivity (Wildman–Crippen MR) is 71.6 cm³/mol. The van der Waals surface area contributed by atoms with Crippen molar-refractivity contribution >= 4 is 24.0 Å². The first-order valence-corrected chi connectivity index (χ1v) is 6.03. The lowest BCUT2D eigenvalue weighted by molar-refractivity contribution is 0.192. The molecular formula is C11H18Cl2N4. The van der Waals surface area contributed by atoms with Gasteiger partial charge in [0.05, 0.1) is 5.69 Å². The first-order chi connectivity index (χ1) is 7.78. The molecule has 0 radical (unpaired) electrons. The number of rotatable bonds is 3. The van der Waals surface area contributed by atoms with E-state index in [2.05, 4.69) is 20.4 Å². The Morgan fingerprint density at radius 1 is 1.35 bits per heavy atom. The average Bonchev–Trinajstić information content (AvgIpc) is 2.33. The van der Waals surface area contributed by atoms with Gasteiger partial charge < -0.3 is 5.32 Å². The normalized spacial score (nSPS) is 17.8. The molecule has 1 aliphatic rings. The van der Waals surface area contributed by atoms with Gasteiger partial charge in [0.15, 0.2) is 5.15 Å². The maximum absolute atomic E-state index is 5.70. The third kappa shape index (κ3) is 4.39. The summed E-state index contributed by atoms with van der Waals surface area (Å²) in [6.45, 7) is 3.12. The monoisotopic (exact) mass is 276 g/mol. The molecule has 0 amide bonds. The van der Waals surface area contributed by atoms with Gasteiger partial charge in [-0.1, -0.05) is 11.6 Å². The fourth-order valence-corrected chi connectivity index (χ4v) is 2.14. The zero-order chi connectivity index (χ0) is 11.4. The molecule has 2 heterocycles. The lowest BCUT2D eigenvalue weighted by atomic mass is 10.1. The Labute approximate surface area is 113 Å². The van der Waals surface area contributed by atoms with Gasteiger partial charge in [-0.15, -0.1) is 17.5 Å². The van der Waals surface area contributed by atoms with Crippen LogP contribution in [0.1, 0.15) is 18.5 Å². The Balaban J connectivity index is 0.00000144. The second kappa shape index (κ2) is 7.11. The Morgan fingerprint density at radius 3 is 2.59 bits per heavy atom. The lowest BCUT2D eigenvalue weighted by Crippen LogP contribution is -2.40. The van der Waals surface area contributed by atoms with Gasteiger partial charge in [-0.3, -0.25) is 4.90 Å². The number of nitrogens with zero attached hydrogens (tertiary/aromatic N) is 3.